The second kappa shape index (κ2) is 9.36. The summed E-state index contributed by atoms with van der Waals surface area (Å²) in [6.07, 6.45) is -2.31. The first kappa shape index (κ1) is 21.4. The minimum atomic E-state index is -4.37. The second-order valence-corrected chi connectivity index (χ2v) is 5.98. The van der Waals surface area contributed by atoms with Crippen LogP contribution in [0.25, 0.3) is 11.5 Å². The Morgan fingerprint density at radius 1 is 1.25 bits per heavy atom. The van der Waals surface area contributed by atoms with Gasteiger partial charge in [-0.05, 0) is 32.4 Å². The number of ether oxygens (including phenoxy) is 1. The fourth-order valence-corrected chi connectivity index (χ4v) is 1.90. The van der Waals surface area contributed by atoms with Gasteiger partial charge in [0.2, 0.25) is 11.7 Å². The number of nitrogens with zero attached hydrogens (tertiary/aromatic N) is 5. The summed E-state index contributed by atoms with van der Waals surface area (Å²) in [6, 6.07) is 3.13. The van der Waals surface area contributed by atoms with E-state index in [4.69, 9.17) is 4.52 Å². The summed E-state index contributed by atoms with van der Waals surface area (Å²) >= 11 is 0. The van der Waals surface area contributed by atoms with Crippen LogP contribution in [0.4, 0.5) is 13.2 Å². The lowest BCUT2D eigenvalue weighted by Gasteiger charge is -2.07. The van der Waals surface area contributed by atoms with E-state index in [-0.39, 0.29) is 24.2 Å². The summed E-state index contributed by atoms with van der Waals surface area (Å²) < 4.78 is 46.1. The van der Waals surface area contributed by atoms with Crippen molar-refractivity contribution in [2.75, 3.05) is 6.61 Å². The highest BCUT2D eigenvalue weighted by Gasteiger charge is 2.27. The van der Waals surface area contributed by atoms with Crippen molar-refractivity contribution in [2.24, 2.45) is 9.98 Å². The Bertz CT molecular complexity index is 866. The molecule has 0 aliphatic carbocycles. The van der Waals surface area contributed by atoms with Gasteiger partial charge in [-0.2, -0.15) is 18.2 Å². The third-order valence-electron chi connectivity index (χ3n) is 3.22. The lowest BCUT2D eigenvalue weighted by atomic mass is 10.2. The van der Waals surface area contributed by atoms with Crippen LogP contribution >= 0.6 is 0 Å². The van der Waals surface area contributed by atoms with Crippen LogP contribution < -0.4 is 0 Å². The van der Waals surface area contributed by atoms with Gasteiger partial charge in [-0.25, -0.2) is 9.98 Å². The molecule has 7 nitrogen and oxygen atoms in total. The zero-order valence-electron chi connectivity index (χ0n) is 15.7. The molecule has 0 aromatic carbocycles. The van der Waals surface area contributed by atoms with Crippen LogP contribution in [0.15, 0.2) is 45.1 Å². The smallest absolute Gasteiger partial charge is 0.366 e. The SMILES string of the molecule is C=C(CC)N=C(N=C(C)C)c1noc(-c2ccc(COCC(F)(F)F)nc2)n1. The Labute approximate surface area is 160 Å². The maximum atomic E-state index is 12.1. The molecule has 0 amide bonds. The molecule has 2 rings (SSSR count). The molecule has 0 atom stereocenters. The first-order valence-corrected chi connectivity index (χ1v) is 8.40. The van der Waals surface area contributed by atoms with Crippen molar-refractivity contribution in [3.63, 3.8) is 0 Å². The number of aliphatic imine (C=N–C) groups is 2. The van der Waals surface area contributed by atoms with E-state index in [0.717, 1.165) is 5.71 Å². The minimum Gasteiger partial charge on any atom is -0.366 e. The standard InChI is InChI=1S/C18H20F3N5O2/c1-5-12(4)24-15(23-11(2)3)16-25-17(28-26-16)13-6-7-14(22-8-13)9-27-10-18(19,20)21/h6-8H,4-5,9-10H2,1-3H3. The highest BCUT2D eigenvalue weighted by molar-refractivity contribution is 6.04. The topological polar surface area (TPSA) is 85.8 Å². The average Bonchev–Trinajstić information content (AvgIpc) is 3.10. The Morgan fingerprint density at radius 2 is 2.00 bits per heavy atom. The predicted octanol–water partition coefficient (Wildman–Crippen LogP) is 4.36. The summed E-state index contributed by atoms with van der Waals surface area (Å²) in [5.74, 6) is 0.666. The molecule has 0 unspecified atom stereocenters. The van der Waals surface area contributed by atoms with Gasteiger partial charge in [-0.15, -0.1) is 0 Å². The van der Waals surface area contributed by atoms with Crippen LogP contribution in [0, 0.1) is 0 Å². The second-order valence-electron chi connectivity index (χ2n) is 5.98. The molecule has 0 saturated heterocycles. The molecule has 0 fully saturated rings. The summed E-state index contributed by atoms with van der Waals surface area (Å²) in [6.45, 7) is 7.79. The van der Waals surface area contributed by atoms with Crippen molar-refractivity contribution in [3.05, 3.63) is 42.1 Å². The van der Waals surface area contributed by atoms with Gasteiger partial charge in [0.15, 0.2) is 0 Å². The fourth-order valence-electron chi connectivity index (χ4n) is 1.90. The predicted molar refractivity (Wildman–Crippen MR) is 98.0 cm³/mol. The first-order chi connectivity index (χ1) is 13.2. The van der Waals surface area contributed by atoms with Crippen LogP contribution in [0.2, 0.25) is 0 Å². The number of rotatable bonds is 7. The monoisotopic (exact) mass is 395 g/mol. The Balaban J connectivity index is 2.15. The van der Waals surface area contributed by atoms with Crippen LogP contribution in [0.5, 0.6) is 0 Å². The number of hydrogen-bond acceptors (Lipinski definition) is 6. The summed E-state index contributed by atoms with van der Waals surface area (Å²) in [7, 11) is 0. The largest absolute Gasteiger partial charge is 0.411 e. The van der Waals surface area contributed by atoms with Crippen LogP contribution in [-0.4, -0.2) is 39.5 Å². The van der Waals surface area contributed by atoms with Crippen molar-refractivity contribution in [1.82, 2.24) is 15.1 Å². The zero-order valence-corrected chi connectivity index (χ0v) is 15.7. The van der Waals surface area contributed by atoms with Gasteiger partial charge in [-0.3, -0.25) is 4.98 Å². The summed E-state index contributed by atoms with van der Waals surface area (Å²) in [4.78, 5) is 16.9. The summed E-state index contributed by atoms with van der Waals surface area (Å²) in [5, 5.41) is 3.89. The molecule has 0 N–H and O–H groups in total. The Kier molecular flexibility index (Phi) is 7.16. The molecule has 0 aliphatic rings. The Morgan fingerprint density at radius 3 is 2.57 bits per heavy atom. The maximum absolute atomic E-state index is 12.1. The minimum absolute atomic E-state index is 0.184. The molecule has 150 valence electrons. The van der Waals surface area contributed by atoms with E-state index in [0.29, 0.717) is 23.4 Å². The van der Waals surface area contributed by atoms with Gasteiger partial charge in [0.25, 0.3) is 5.89 Å². The third-order valence-corrected chi connectivity index (χ3v) is 3.22. The normalized spacial score (nSPS) is 12.1. The quantitative estimate of drug-likeness (QED) is 0.514. The molecule has 0 spiro atoms. The molecular formula is C18H20F3N5O2. The molecule has 2 aromatic heterocycles. The lowest BCUT2D eigenvalue weighted by Crippen LogP contribution is -2.16. The van der Waals surface area contributed by atoms with Gasteiger partial charge >= 0.3 is 6.18 Å². The number of allylic oxidation sites excluding steroid dienone is 1. The van der Waals surface area contributed by atoms with Crippen LogP contribution in [0.3, 0.4) is 0 Å². The first-order valence-electron chi connectivity index (χ1n) is 8.40. The maximum Gasteiger partial charge on any atom is 0.411 e. The van der Waals surface area contributed by atoms with Gasteiger partial charge < -0.3 is 9.26 Å². The van der Waals surface area contributed by atoms with Gasteiger partial charge in [0.1, 0.15) is 6.61 Å². The molecular weight excluding hydrogens is 375 g/mol. The molecule has 2 heterocycles. The van der Waals surface area contributed by atoms with E-state index in [2.05, 4.69) is 36.4 Å². The highest BCUT2D eigenvalue weighted by Crippen LogP contribution is 2.19. The van der Waals surface area contributed by atoms with Crippen molar-refractivity contribution in [3.8, 4) is 11.5 Å². The van der Waals surface area contributed by atoms with Crippen molar-refractivity contribution in [2.45, 2.75) is 40.0 Å². The number of pyridine rings is 1. The van der Waals surface area contributed by atoms with E-state index in [1.807, 2.05) is 20.8 Å². The molecule has 0 saturated carbocycles. The highest BCUT2D eigenvalue weighted by atomic mass is 19.4. The Hall–Kier alpha value is -2.88. The molecule has 2 aromatic rings. The summed E-state index contributed by atoms with van der Waals surface area (Å²) in [5.41, 5.74) is 2.24. The lowest BCUT2D eigenvalue weighted by molar-refractivity contribution is -0.176. The molecule has 10 heteroatoms. The third kappa shape index (κ3) is 6.69. The molecule has 0 radical (unpaired) electrons. The van der Waals surface area contributed by atoms with Gasteiger partial charge in [0, 0.05) is 17.6 Å². The number of hydrogen-bond donors (Lipinski definition) is 0. The van der Waals surface area contributed by atoms with Crippen LogP contribution in [-0.2, 0) is 11.3 Å². The van der Waals surface area contributed by atoms with E-state index in [1.165, 1.54) is 12.3 Å². The van der Waals surface area contributed by atoms with Gasteiger partial charge in [0.05, 0.1) is 17.9 Å². The number of aromatic nitrogens is 3. The zero-order chi connectivity index (χ0) is 20.7. The van der Waals surface area contributed by atoms with Crippen LogP contribution in [0.1, 0.15) is 38.7 Å². The van der Waals surface area contributed by atoms with Crippen molar-refractivity contribution < 1.29 is 22.4 Å². The van der Waals surface area contributed by atoms with E-state index < -0.39 is 12.8 Å². The average molecular weight is 395 g/mol. The molecule has 0 aliphatic heterocycles. The van der Waals surface area contributed by atoms with E-state index in [9.17, 15) is 13.2 Å². The number of alkyl halides is 3. The molecule has 0 bridgehead atoms. The van der Waals surface area contributed by atoms with E-state index >= 15 is 0 Å². The number of amidine groups is 1. The van der Waals surface area contributed by atoms with Crippen molar-refractivity contribution in [1.29, 1.82) is 0 Å². The van der Waals surface area contributed by atoms with Crippen molar-refractivity contribution >= 4 is 11.5 Å². The van der Waals surface area contributed by atoms with Gasteiger partial charge in [-0.1, -0.05) is 18.7 Å². The molecule has 28 heavy (non-hydrogen) atoms. The fraction of sp³-hybridized carbons (Fsp3) is 0.389. The number of halogens is 3. The van der Waals surface area contributed by atoms with E-state index in [1.54, 1.807) is 6.07 Å².